The first-order valence-corrected chi connectivity index (χ1v) is 4.89. The molecule has 0 saturated heterocycles. The summed E-state index contributed by atoms with van der Waals surface area (Å²) in [5, 5.41) is 0. The molecular formula is C12H13N3O. The van der Waals surface area contributed by atoms with Gasteiger partial charge in [0.05, 0.1) is 13.3 Å². The second-order valence-corrected chi connectivity index (χ2v) is 3.34. The number of benzene rings is 1. The molecule has 16 heavy (non-hydrogen) atoms. The number of methoxy groups -OCH3 is 1. The largest absolute Gasteiger partial charge is 0.495 e. The maximum absolute atomic E-state index is 5.30. The van der Waals surface area contributed by atoms with Crippen molar-refractivity contribution in [2.75, 3.05) is 12.5 Å². The van der Waals surface area contributed by atoms with Crippen LogP contribution in [0.3, 0.4) is 0 Å². The molecule has 4 heteroatoms. The molecule has 0 aliphatic heterocycles. The Hall–Kier alpha value is -2.07. The zero-order valence-corrected chi connectivity index (χ0v) is 8.97. The molecular weight excluding hydrogens is 202 g/mol. The summed E-state index contributed by atoms with van der Waals surface area (Å²) in [6.07, 6.45) is 3.48. The first kappa shape index (κ1) is 10.4. The highest BCUT2D eigenvalue weighted by molar-refractivity contribution is 5.66. The highest BCUT2D eigenvalue weighted by atomic mass is 16.5. The summed E-state index contributed by atoms with van der Waals surface area (Å²) in [7, 11) is 1.63. The number of nitrogens with one attached hydrogen (secondary N) is 1. The van der Waals surface area contributed by atoms with Gasteiger partial charge in [-0.15, -0.1) is 0 Å². The maximum atomic E-state index is 5.30. The minimum atomic E-state index is 0.749. The Morgan fingerprint density at radius 3 is 2.50 bits per heavy atom. The van der Waals surface area contributed by atoms with Gasteiger partial charge >= 0.3 is 0 Å². The lowest BCUT2D eigenvalue weighted by Gasteiger charge is -2.05. The molecule has 0 fully saturated rings. The fourth-order valence-corrected chi connectivity index (χ4v) is 1.45. The quantitative estimate of drug-likeness (QED) is 0.607. The topological polar surface area (TPSA) is 60.2 Å². The van der Waals surface area contributed by atoms with Crippen molar-refractivity contribution in [1.29, 1.82) is 0 Å². The van der Waals surface area contributed by atoms with Crippen molar-refractivity contribution in [3.63, 3.8) is 0 Å². The second-order valence-electron chi connectivity index (χ2n) is 3.34. The van der Waals surface area contributed by atoms with Crippen molar-refractivity contribution in [3.05, 3.63) is 42.7 Å². The number of nitrogens with two attached hydrogens (primary N) is 1. The number of nitrogens with zero attached hydrogens (tertiary/aromatic N) is 1. The van der Waals surface area contributed by atoms with Crippen LogP contribution in [0.4, 0.5) is 5.69 Å². The van der Waals surface area contributed by atoms with Crippen LogP contribution in [0.5, 0.6) is 5.75 Å². The smallest absolute Gasteiger partial charge is 0.137 e. The van der Waals surface area contributed by atoms with Crippen molar-refractivity contribution in [2.24, 2.45) is 5.84 Å². The van der Waals surface area contributed by atoms with E-state index in [0.717, 1.165) is 22.6 Å². The third kappa shape index (κ3) is 2.12. The molecule has 2 aromatic rings. The van der Waals surface area contributed by atoms with E-state index in [0.29, 0.717) is 0 Å². The van der Waals surface area contributed by atoms with Gasteiger partial charge < -0.3 is 10.2 Å². The fraction of sp³-hybridized carbons (Fsp3) is 0.0833. The van der Waals surface area contributed by atoms with Crippen LogP contribution in [-0.4, -0.2) is 12.1 Å². The van der Waals surface area contributed by atoms with E-state index < -0.39 is 0 Å². The van der Waals surface area contributed by atoms with Gasteiger partial charge in [0.15, 0.2) is 0 Å². The van der Waals surface area contributed by atoms with Crippen LogP contribution in [0.25, 0.3) is 11.1 Å². The first-order valence-electron chi connectivity index (χ1n) is 4.89. The van der Waals surface area contributed by atoms with Gasteiger partial charge in [-0.3, -0.25) is 10.8 Å². The molecule has 0 bridgehead atoms. The molecule has 4 nitrogen and oxygen atoms in total. The fourth-order valence-electron chi connectivity index (χ4n) is 1.45. The lowest BCUT2D eigenvalue weighted by atomic mass is 10.1. The number of anilines is 1. The van der Waals surface area contributed by atoms with Gasteiger partial charge in [-0.05, 0) is 23.8 Å². The zero-order valence-electron chi connectivity index (χ0n) is 8.97. The van der Waals surface area contributed by atoms with Crippen LogP contribution in [0, 0.1) is 0 Å². The van der Waals surface area contributed by atoms with Crippen LogP contribution < -0.4 is 16.0 Å². The van der Waals surface area contributed by atoms with Crippen LogP contribution >= 0.6 is 0 Å². The van der Waals surface area contributed by atoms with Crippen molar-refractivity contribution >= 4 is 5.69 Å². The third-order valence-corrected chi connectivity index (χ3v) is 2.33. The summed E-state index contributed by atoms with van der Waals surface area (Å²) in [6, 6.07) is 9.72. The lowest BCUT2D eigenvalue weighted by Crippen LogP contribution is -2.05. The average molecular weight is 215 g/mol. The molecule has 1 aromatic carbocycles. The highest BCUT2D eigenvalue weighted by Gasteiger charge is 2.00. The molecule has 0 aliphatic rings. The summed E-state index contributed by atoms with van der Waals surface area (Å²) in [5.74, 6) is 6.05. The summed E-state index contributed by atoms with van der Waals surface area (Å²) >= 11 is 0. The monoisotopic (exact) mass is 215 g/mol. The molecule has 3 N–H and O–H groups in total. The number of aromatic nitrogens is 1. The van der Waals surface area contributed by atoms with E-state index in [4.69, 9.17) is 10.6 Å². The Morgan fingerprint density at radius 2 is 1.88 bits per heavy atom. The lowest BCUT2D eigenvalue weighted by molar-refractivity contribution is 0.413. The van der Waals surface area contributed by atoms with Crippen LogP contribution in [0.1, 0.15) is 0 Å². The number of hydrogen-bond acceptors (Lipinski definition) is 4. The van der Waals surface area contributed by atoms with Crippen molar-refractivity contribution in [3.8, 4) is 16.9 Å². The van der Waals surface area contributed by atoms with Gasteiger partial charge in [0.1, 0.15) is 5.75 Å². The van der Waals surface area contributed by atoms with E-state index in [1.165, 1.54) is 0 Å². The standard InChI is InChI=1S/C12H13N3O/c1-16-12-6-10(7-14-8-12)9-2-4-11(15-13)5-3-9/h2-8,15H,13H2,1H3. The van der Waals surface area contributed by atoms with Gasteiger partial charge in [0, 0.05) is 17.4 Å². The van der Waals surface area contributed by atoms with Gasteiger partial charge in [0.25, 0.3) is 0 Å². The molecule has 0 spiro atoms. The molecule has 1 aromatic heterocycles. The molecule has 1 heterocycles. The average Bonchev–Trinajstić information content (AvgIpc) is 2.39. The Bertz CT molecular complexity index is 468. The maximum Gasteiger partial charge on any atom is 0.137 e. The number of pyridine rings is 1. The van der Waals surface area contributed by atoms with Gasteiger partial charge in [-0.1, -0.05) is 12.1 Å². The summed E-state index contributed by atoms with van der Waals surface area (Å²) in [6.45, 7) is 0. The molecule has 0 aliphatic carbocycles. The molecule has 82 valence electrons. The molecule has 0 radical (unpaired) electrons. The second kappa shape index (κ2) is 4.63. The predicted octanol–water partition coefficient (Wildman–Crippen LogP) is 2.04. The van der Waals surface area contributed by atoms with E-state index in [-0.39, 0.29) is 0 Å². The van der Waals surface area contributed by atoms with E-state index in [2.05, 4.69) is 10.4 Å². The van der Waals surface area contributed by atoms with E-state index >= 15 is 0 Å². The van der Waals surface area contributed by atoms with E-state index in [1.54, 1.807) is 19.5 Å². The molecule has 0 unspecified atom stereocenters. The summed E-state index contributed by atoms with van der Waals surface area (Å²) in [4.78, 5) is 4.11. The number of rotatable bonds is 3. The Balaban J connectivity index is 2.34. The van der Waals surface area contributed by atoms with E-state index in [1.807, 2.05) is 30.3 Å². The highest BCUT2D eigenvalue weighted by Crippen LogP contribution is 2.23. The first-order chi connectivity index (χ1) is 7.83. The Morgan fingerprint density at radius 1 is 1.12 bits per heavy atom. The minimum absolute atomic E-state index is 0.749. The Kier molecular flexibility index (Phi) is 3.03. The van der Waals surface area contributed by atoms with Gasteiger partial charge in [0.2, 0.25) is 0 Å². The minimum Gasteiger partial charge on any atom is -0.495 e. The number of hydrazine groups is 1. The van der Waals surface area contributed by atoms with Crippen LogP contribution in [0.15, 0.2) is 42.7 Å². The van der Waals surface area contributed by atoms with Gasteiger partial charge in [-0.25, -0.2) is 0 Å². The summed E-state index contributed by atoms with van der Waals surface area (Å²) in [5.41, 5.74) is 5.55. The van der Waals surface area contributed by atoms with Crippen LogP contribution in [-0.2, 0) is 0 Å². The van der Waals surface area contributed by atoms with Crippen molar-refractivity contribution in [1.82, 2.24) is 4.98 Å². The number of hydrogen-bond donors (Lipinski definition) is 2. The third-order valence-electron chi connectivity index (χ3n) is 2.33. The Labute approximate surface area is 94.0 Å². The zero-order chi connectivity index (χ0) is 11.4. The molecule has 0 saturated carbocycles. The molecule has 0 atom stereocenters. The van der Waals surface area contributed by atoms with Crippen LogP contribution in [0.2, 0.25) is 0 Å². The molecule has 0 amide bonds. The number of nitrogen functional groups attached to an aromatic ring is 1. The van der Waals surface area contributed by atoms with Crippen molar-refractivity contribution in [2.45, 2.75) is 0 Å². The SMILES string of the molecule is COc1cncc(-c2ccc(NN)cc2)c1. The molecule has 2 rings (SSSR count). The normalized spacial score (nSPS) is 9.88. The van der Waals surface area contributed by atoms with E-state index in [9.17, 15) is 0 Å². The van der Waals surface area contributed by atoms with Gasteiger partial charge in [-0.2, -0.15) is 0 Å². The summed E-state index contributed by atoms with van der Waals surface area (Å²) < 4.78 is 5.13. The predicted molar refractivity (Wildman–Crippen MR) is 64.0 cm³/mol. The van der Waals surface area contributed by atoms with Crippen molar-refractivity contribution < 1.29 is 4.74 Å². The number of ether oxygens (including phenoxy) is 1.